The summed E-state index contributed by atoms with van der Waals surface area (Å²) >= 11 is 0. The van der Waals surface area contributed by atoms with Crippen LogP contribution in [0.25, 0.3) is 11.1 Å². The molecule has 1 unspecified atom stereocenters. The van der Waals surface area contributed by atoms with E-state index >= 15 is 0 Å². The number of amides is 1. The molecule has 1 amide bonds. The number of Topliss-reactive ketones (excluding diaryl/α,β-unsaturated/α-hetero) is 1. The van der Waals surface area contributed by atoms with E-state index in [0.29, 0.717) is 5.56 Å². The molecule has 8 nitrogen and oxygen atoms in total. The molecule has 0 aliphatic carbocycles. The van der Waals surface area contributed by atoms with Crippen LogP contribution in [0.2, 0.25) is 0 Å². The minimum atomic E-state index is -4.62. The second-order valence-corrected chi connectivity index (χ2v) is 8.00. The number of benzene rings is 1. The molecule has 1 aliphatic rings. The summed E-state index contributed by atoms with van der Waals surface area (Å²) in [7, 11) is 1.36. The van der Waals surface area contributed by atoms with Crippen molar-refractivity contribution in [1.82, 2.24) is 19.4 Å². The van der Waals surface area contributed by atoms with Gasteiger partial charge < -0.3 is 10.3 Å². The Bertz CT molecular complexity index is 1340. The van der Waals surface area contributed by atoms with Crippen molar-refractivity contribution in [3.05, 3.63) is 71.8 Å². The Labute approximate surface area is 197 Å². The number of likely N-dealkylation sites (N-methyl/N-ethyl adjacent to an activating group) is 1. The molecule has 0 saturated heterocycles. The van der Waals surface area contributed by atoms with E-state index in [2.05, 4.69) is 15.0 Å². The van der Waals surface area contributed by atoms with Crippen LogP contribution in [0, 0.1) is 5.82 Å². The lowest BCUT2D eigenvalue weighted by Gasteiger charge is -2.25. The van der Waals surface area contributed by atoms with E-state index in [-0.39, 0.29) is 34.8 Å². The Balaban J connectivity index is 1.98. The van der Waals surface area contributed by atoms with Gasteiger partial charge in [0.2, 0.25) is 0 Å². The first-order valence-electron chi connectivity index (χ1n) is 10.5. The zero-order valence-corrected chi connectivity index (χ0v) is 18.7. The Hall–Kier alpha value is -4.09. The van der Waals surface area contributed by atoms with Crippen LogP contribution < -0.4 is 5.73 Å². The van der Waals surface area contributed by atoms with Crippen molar-refractivity contribution in [2.24, 2.45) is 10.7 Å². The molecule has 2 aromatic heterocycles. The van der Waals surface area contributed by atoms with Crippen LogP contribution in [-0.4, -0.2) is 50.3 Å². The zero-order chi connectivity index (χ0) is 25.5. The van der Waals surface area contributed by atoms with Gasteiger partial charge in [0.1, 0.15) is 18.7 Å². The predicted octanol–water partition coefficient (Wildman–Crippen LogP) is 3.27. The van der Waals surface area contributed by atoms with Gasteiger partial charge in [0.25, 0.3) is 5.91 Å². The Kier molecular flexibility index (Phi) is 5.91. The van der Waals surface area contributed by atoms with Crippen LogP contribution in [0.5, 0.6) is 0 Å². The summed E-state index contributed by atoms with van der Waals surface area (Å²) in [5.41, 5.74) is 4.29. The van der Waals surface area contributed by atoms with E-state index in [1.54, 1.807) is 0 Å². The molecule has 0 fully saturated rings. The largest absolute Gasteiger partial charge is 0.406 e. The number of hydrogen-bond donors (Lipinski definition) is 1. The molecule has 35 heavy (non-hydrogen) atoms. The zero-order valence-electron chi connectivity index (χ0n) is 18.7. The minimum Gasteiger partial charge on any atom is -0.369 e. The third-order valence-electron chi connectivity index (χ3n) is 5.77. The molecule has 3 heterocycles. The van der Waals surface area contributed by atoms with Crippen molar-refractivity contribution < 1.29 is 27.2 Å². The van der Waals surface area contributed by atoms with Gasteiger partial charge in [0.05, 0.1) is 5.69 Å². The Morgan fingerprint density at radius 3 is 2.40 bits per heavy atom. The number of carbonyl (C=O) groups is 2. The van der Waals surface area contributed by atoms with Crippen LogP contribution >= 0.6 is 0 Å². The highest BCUT2D eigenvalue weighted by Gasteiger charge is 2.51. The summed E-state index contributed by atoms with van der Waals surface area (Å²) in [6.45, 7) is 0.0743. The molecule has 0 radical (unpaired) electrons. The number of aromatic nitrogens is 3. The van der Waals surface area contributed by atoms with Crippen LogP contribution in [0.1, 0.15) is 35.0 Å². The summed E-state index contributed by atoms with van der Waals surface area (Å²) in [5.74, 6) is -2.04. The van der Waals surface area contributed by atoms with Gasteiger partial charge in [-0.25, -0.2) is 19.4 Å². The van der Waals surface area contributed by atoms with Gasteiger partial charge in [0, 0.05) is 48.7 Å². The Morgan fingerprint density at radius 2 is 1.83 bits per heavy atom. The maximum Gasteiger partial charge on any atom is 0.406 e. The van der Waals surface area contributed by atoms with E-state index in [1.807, 2.05) is 0 Å². The molecule has 2 N–H and O–H groups in total. The standard InChI is InChI=1S/C23H20F4N6O2/c1-3-19(34)18-7-15(10-33(18)11-22(25,26)27)23(20(35)32(2)21(28)31-23)14-4-5-17(24)16(6-14)13-8-29-12-30-9-13/h4-10,12H,3,11H2,1-2H3,(H2,28,31). The lowest BCUT2D eigenvalue weighted by Crippen LogP contribution is -2.41. The maximum absolute atomic E-state index is 14.7. The number of ketones is 1. The van der Waals surface area contributed by atoms with Gasteiger partial charge in [-0.05, 0) is 23.8 Å². The van der Waals surface area contributed by atoms with Crippen LogP contribution in [0.3, 0.4) is 0 Å². The fourth-order valence-electron chi connectivity index (χ4n) is 4.04. The number of aliphatic imine (C=N–C) groups is 1. The second-order valence-electron chi connectivity index (χ2n) is 8.00. The molecule has 3 aromatic rings. The number of hydrogen-bond acceptors (Lipinski definition) is 6. The molecule has 0 saturated carbocycles. The van der Waals surface area contributed by atoms with E-state index in [4.69, 9.17) is 5.73 Å². The summed E-state index contributed by atoms with van der Waals surface area (Å²) in [6, 6.07) is 4.98. The summed E-state index contributed by atoms with van der Waals surface area (Å²) in [5, 5.41) is 0. The van der Waals surface area contributed by atoms with E-state index < -0.39 is 35.8 Å². The molecule has 182 valence electrons. The monoisotopic (exact) mass is 488 g/mol. The number of nitrogens with two attached hydrogens (primary N) is 1. The SMILES string of the molecule is CCC(=O)c1cc(C2(c3ccc(F)c(-c4cncnc4)c3)N=C(N)N(C)C2=O)cn1CC(F)(F)F. The minimum absolute atomic E-state index is 0.00211. The smallest absolute Gasteiger partial charge is 0.369 e. The molecule has 1 atom stereocenters. The first kappa shape index (κ1) is 24.0. The van der Waals surface area contributed by atoms with Gasteiger partial charge in [-0.3, -0.25) is 14.5 Å². The van der Waals surface area contributed by atoms with Crippen molar-refractivity contribution in [1.29, 1.82) is 0 Å². The van der Waals surface area contributed by atoms with Gasteiger partial charge in [-0.15, -0.1) is 0 Å². The van der Waals surface area contributed by atoms with E-state index in [9.17, 15) is 27.2 Å². The lowest BCUT2D eigenvalue weighted by molar-refractivity contribution is -0.140. The lowest BCUT2D eigenvalue weighted by atomic mass is 9.82. The predicted molar refractivity (Wildman–Crippen MR) is 118 cm³/mol. The normalized spacial score (nSPS) is 18.2. The van der Waals surface area contributed by atoms with Crippen LogP contribution in [0.4, 0.5) is 17.6 Å². The molecule has 1 aromatic carbocycles. The first-order chi connectivity index (χ1) is 16.5. The fourth-order valence-corrected chi connectivity index (χ4v) is 4.04. The topological polar surface area (TPSA) is 106 Å². The van der Waals surface area contributed by atoms with Gasteiger partial charge in [-0.1, -0.05) is 13.0 Å². The number of nitrogens with zero attached hydrogens (tertiary/aromatic N) is 5. The van der Waals surface area contributed by atoms with Crippen LogP contribution in [-0.2, 0) is 16.9 Å². The molecular formula is C23H20F4N6O2. The average molecular weight is 488 g/mol. The molecule has 0 spiro atoms. The Morgan fingerprint density at radius 1 is 1.14 bits per heavy atom. The summed E-state index contributed by atoms with van der Waals surface area (Å²) < 4.78 is 55.3. The molecule has 12 heteroatoms. The van der Waals surface area contributed by atoms with Crippen molar-refractivity contribution in [3.63, 3.8) is 0 Å². The molecule has 1 aliphatic heterocycles. The summed E-state index contributed by atoms with van der Waals surface area (Å²) in [4.78, 5) is 39.1. The quantitative estimate of drug-likeness (QED) is 0.424. The van der Waals surface area contributed by atoms with Crippen LogP contribution in [0.15, 0.2) is 54.2 Å². The van der Waals surface area contributed by atoms with E-state index in [1.165, 1.54) is 50.9 Å². The highest BCUT2D eigenvalue weighted by atomic mass is 19.4. The number of halogens is 4. The fraction of sp³-hybridized carbons (Fsp3) is 0.261. The molecular weight excluding hydrogens is 468 g/mol. The third kappa shape index (κ3) is 4.15. The van der Waals surface area contributed by atoms with Crippen molar-refractivity contribution in [3.8, 4) is 11.1 Å². The van der Waals surface area contributed by atoms with Gasteiger partial charge >= 0.3 is 6.18 Å². The highest BCUT2D eigenvalue weighted by Crippen LogP contribution is 2.42. The highest BCUT2D eigenvalue weighted by molar-refractivity contribution is 6.09. The molecule has 0 bridgehead atoms. The summed E-state index contributed by atoms with van der Waals surface area (Å²) in [6.07, 6.45) is 0.408. The van der Waals surface area contributed by atoms with Gasteiger partial charge in [-0.2, -0.15) is 13.2 Å². The van der Waals surface area contributed by atoms with E-state index in [0.717, 1.165) is 21.7 Å². The third-order valence-corrected chi connectivity index (χ3v) is 5.77. The van der Waals surface area contributed by atoms with Crippen molar-refractivity contribution in [2.75, 3.05) is 7.05 Å². The number of guanidine groups is 1. The van der Waals surface area contributed by atoms with Crippen molar-refractivity contribution in [2.45, 2.75) is 31.6 Å². The number of alkyl halides is 3. The number of carbonyl (C=O) groups excluding carboxylic acids is 2. The number of rotatable bonds is 6. The molecule has 4 rings (SSSR count). The van der Waals surface area contributed by atoms with Gasteiger partial charge in [0.15, 0.2) is 17.3 Å². The maximum atomic E-state index is 14.7. The second kappa shape index (κ2) is 8.60. The average Bonchev–Trinajstić information content (AvgIpc) is 3.33. The van der Waals surface area contributed by atoms with Crippen molar-refractivity contribution >= 4 is 17.6 Å². The first-order valence-corrected chi connectivity index (χ1v) is 10.5.